The van der Waals surface area contributed by atoms with E-state index in [0.717, 1.165) is 38.6 Å². The van der Waals surface area contributed by atoms with Crippen molar-refractivity contribution in [2.75, 3.05) is 11.9 Å². The first-order valence-electron chi connectivity index (χ1n) is 8.95. The number of nitrogens with zero attached hydrogens (tertiary/aromatic N) is 2. The third-order valence-corrected chi connectivity index (χ3v) is 5.22. The largest absolute Gasteiger partial charge is 0.494 e. The highest BCUT2D eigenvalue weighted by Gasteiger charge is 2.13. The summed E-state index contributed by atoms with van der Waals surface area (Å²) in [6.45, 7) is 6.86. The number of thiophene rings is 1. The zero-order valence-corrected chi connectivity index (χ0v) is 16.4. The zero-order chi connectivity index (χ0) is 18.8. The lowest BCUT2D eigenvalue weighted by Crippen LogP contribution is -1.96. The molecule has 0 atom stereocenters. The molecule has 0 radical (unpaired) electrons. The second-order valence-electron chi connectivity index (χ2n) is 6.51. The molecule has 0 spiro atoms. The molecule has 0 bridgehead atoms. The van der Waals surface area contributed by atoms with E-state index in [-0.39, 0.29) is 0 Å². The Morgan fingerprint density at radius 2 is 1.74 bits per heavy atom. The standard InChI is InChI=1S/C22H21N3OS/c1-4-26-18-7-5-16(6-8-18)19-12-27-22-20(19)21(23-13-24-22)25-17-10-14(2)9-15(3)11-17/h5-13H,4H2,1-3H3,(H,23,24,25). The fourth-order valence-corrected chi connectivity index (χ4v) is 4.18. The fourth-order valence-electron chi connectivity index (χ4n) is 3.26. The Bertz CT molecular complexity index is 1070. The SMILES string of the molecule is CCOc1ccc(-c2csc3ncnc(Nc4cc(C)cc(C)c4)c23)cc1. The monoisotopic (exact) mass is 375 g/mol. The molecule has 0 saturated heterocycles. The molecule has 0 aliphatic carbocycles. The van der Waals surface area contributed by atoms with E-state index in [1.165, 1.54) is 11.1 Å². The van der Waals surface area contributed by atoms with Crippen molar-refractivity contribution >= 4 is 33.1 Å². The summed E-state index contributed by atoms with van der Waals surface area (Å²) in [6, 6.07) is 14.6. The van der Waals surface area contributed by atoms with Crippen LogP contribution in [0.2, 0.25) is 0 Å². The Kier molecular flexibility index (Phi) is 4.77. The lowest BCUT2D eigenvalue weighted by Gasteiger charge is -2.10. The normalized spacial score (nSPS) is 10.9. The van der Waals surface area contributed by atoms with Gasteiger partial charge in [0.05, 0.1) is 12.0 Å². The lowest BCUT2D eigenvalue weighted by molar-refractivity contribution is 0.340. The number of anilines is 2. The minimum absolute atomic E-state index is 0.665. The van der Waals surface area contributed by atoms with Crippen LogP contribution >= 0.6 is 11.3 Å². The molecule has 1 N–H and O–H groups in total. The number of hydrogen-bond donors (Lipinski definition) is 1. The summed E-state index contributed by atoms with van der Waals surface area (Å²) in [5, 5.41) is 6.68. The third kappa shape index (κ3) is 3.64. The van der Waals surface area contributed by atoms with E-state index in [2.05, 4.69) is 64.8 Å². The Hall–Kier alpha value is -2.92. The molecule has 0 aliphatic heterocycles. The van der Waals surface area contributed by atoms with Crippen LogP contribution in [0.15, 0.2) is 54.2 Å². The first kappa shape index (κ1) is 17.5. The first-order chi connectivity index (χ1) is 13.1. The summed E-state index contributed by atoms with van der Waals surface area (Å²) in [4.78, 5) is 9.95. The Morgan fingerprint density at radius 3 is 2.44 bits per heavy atom. The van der Waals surface area contributed by atoms with Crippen LogP contribution in [0.1, 0.15) is 18.1 Å². The molecule has 4 rings (SSSR count). The zero-order valence-electron chi connectivity index (χ0n) is 15.6. The van der Waals surface area contributed by atoms with Gasteiger partial charge in [0.2, 0.25) is 0 Å². The minimum Gasteiger partial charge on any atom is -0.494 e. The van der Waals surface area contributed by atoms with Gasteiger partial charge >= 0.3 is 0 Å². The van der Waals surface area contributed by atoms with Crippen LogP contribution in [0.4, 0.5) is 11.5 Å². The van der Waals surface area contributed by atoms with Crippen molar-refractivity contribution in [2.45, 2.75) is 20.8 Å². The van der Waals surface area contributed by atoms with Crippen molar-refractivity contribution in [1.29, 1.82) is 0 Å². The number of nitrogens with one attached hydrogen (secondary N) is 1. The van der Waals surface area contributed by atoms with Crippen LogP contribution in [0.5, 0.6) is 5.75 Å². The number of ether oxygens (including phenoxy) is 1. The number of fused-ring (bicyclic) bond motifs is 1. The highest BCUT2D eigenvalue weighted by molar-refractivity contribution is 7.17. The Labute approximate surface area is 162 Å². The van der Waals surface area contributed by atoms with Gasteiger partial charge in [-0.25, -0.2) is 9.97 Å². The maximum absolute atomic E-state index is 5.56. The highest BCUT2D eigenvalue weighted by Crippen LogP contribution is 2.38. The van der Waals surface area contributed by atoms with Gasteiger partial charge in [-0.3, -0.25) is 0 Å². The van der Waals surface area contributed by atoms with Gasteiger partial charge in [-0.05, 0) is 61.7 Å². The molecule has 5 heteroatoms. The van der Waals surface area contributed by atoms with Crippen LogP contribution in [-0.2, 0) is 0 Å². The van der Waals surface area contributed by atoms with Crippen LogP contribution in [0.3, 0.4) is 0 Å². The third-order valence-electron chi connectivity index (χ3n) is 4.33. The van der Waals surface area contributed by atoms with Gasteiger partial charge in [-0.1, -0.05) is 18.2 Å². The van der Waals surface area contributed by atoms with Crippen LogP contribution in [0, 0.1) is 13.8 Å². The summed E-state index contributed by atoms with van der Waals surface area (Å²) in [5.41, 5.74) is 5.74. The molecular formula is C22H21N3OS. The van der Waals surface area contributed by atoms with Crippen LogP contribution in [0.25, 0.3) is 21.3 Å². The molecule has 2 aromatic heterocycles. The molecule has 27 heavy (non-hydrogen) atoms. The Balaban J connectivity index is 1.77. The van der Waals surface area contributed by atoms with E-state index in [0.29, 0.717) is 6.61 Å². The lowest BCUT2D eigenvalue weighted by atomic mass is 10.1. The van der Waals surface area contributed by atoms with Crippen LogP contribution in [-0.4, -0.2) is 16.6 Å². The molecular weight excluding hydrogens is 354 g/mol. The summed E-state index contributed by atoms with van der Waals surface area (Å²) in [7, 11) is 0. The van der Waals surface area contributed by atoms with Crippen molar-refractivity contribution < 1.29 is 4.74 Å². The van der Waals surface area contributed by atoms with Gasteiger partial charge in [-0.15, -0.1) is 11.3 Å². The first-order valence-corrected chi connectivity index (χ1v) is 9.83. The molecule has 2 heterocycles. The van der Waals surface area contributed by atoms with Crippen molar-refractivity contribution in [3.8, 4) is 16.9 Å². The van der Waals surface area contributed by atoms with E-state index in [4.69, 9.17) is 4.74 Å². The Morgan fingerprint density at radius 1 is 1.00 bits per heavy atom. The number of rotatable bonds is 5. The highest BCUT2D eigenvalue weighted by atomic mass is 32.1. The van der Waals surface area contributed by atoms with Crippen LogP contribution < -0.4 is 10.1 Å². The summed E-state index contributed by atoms with van der Waals surface area (Å²) < 4.78 is 5.56. The maximum Gasteiger partial charge on any atom is 0.143 e. The van der Waals surface area contributed by atoms with E-state index in [9.17, 15) is 0 Å². The van der Waals surface area contributed by atoms with Crippen molar-refractivity contribution in [3.05, 3.63) is 65.3 Å². The van der Waals surface area contributed by atoms with Crippen molar-refractivity contribution in [3.63, 3.8) is 0 Å². The summed E-state index contributed by atoms with van der Waals surface area (Å²) >= 11 is 1.63. The quantitative estimate of drug-likeness (QED) is 0.457. The molecule has 2 aromatic carbocycles. The van der Waals surface area contributed by atoms with Gasteiger partial charge in [0.15, 0.2) is 0 Å². The number of aromatic nitrogens is 2. The van der Waals surface area contributed by atoms with Gasteiger partial charge < -0.3 is 10.1 Å². The molecule has 0 amide bonds. The summed E-state index contributed by atoms with van der Waals surface area (Å²) in [5.74, 6) is 1.71. The molecule has 0 fully saturated rings. The molecule has 0 aliphatic rings. The topological polar surface area (TPSA) is 47.0 Å². The number of hydrogen-bond acceptors (Lipinski definition) is 5. The predicted octanol–water partition coefficient (Wildman–Crippen LogP) is 6.12. The van der Waals surface area contributed by atoms with Crippen molar-refractivity contribution in [1.82, 2.24) is 9.97 Å². The predicted molar refractivity (Wildman–Crippen MR) is 113 cm³/mol. The van der Waals surface area contributed by atoms with Crippen molar-refractivity contribution in [2.24, 2.45) is 0 Å². The van der Waals surface area contributed by atoms with Gasteiger partial charge in [0.1, 0.15) is 22.7 Å². The molecule has 4 nitrogen and oxygen atoms in total. The molecule has 136 valence electrons. The van der Waals surface area contributed by atoms with E-state index in [1.54, 1.807) is 17.7 Å². The number of aryl methyl sites for hydroxylation is 2. The van der Waals surface area contributed by atoms with Gasteiger partial charge in [-0.2, -0.15) is 0 Å². The molecule has 0 saturated carbocycles. The van der Waals surface area contributed by atoms with Gasteiger partial charge in [0, 0.05) is 16.6 Å². The van der Waals surface area contributed by atoms with E-state index in [1.807, 2.05) is 19.1 Å². The second-order valence-corrected chi connectivity index (χ2v) is 7.37. The average Bonchev–Trinajstić information content (AvgIpc) is 3.07. The average molecular weight is 375 g/mol. The maximum atomic E-state index is 5.56. The second kappa shape index (κ2) is 7.37. The van der Waals surface area contributed by atoms with E-state index >= 15 is 0 Å². The van der Waals surface area contributed by atoms with Gasteiger partial charge in [0.25, 0.3) is 0 Å². The minimum atomic E-state index is 0.665. The number of benzene rings is 2. The molecule has 0 unspecified atom stereocenters. The smallest absolute Gasteiger partial charge is 0.143 e. The van der Waals surface area contributed by atoms with E-state index < -0.39 is 0 Å². The summed E-state index contributed by atoms with van der Waals surface area (Å²) in [6.07, 6.45) is 1.62. The molecule has 4 aromatic rings. The fraction of sp³-hybridized carbons (Fsp3) is 0.182.